The quantitative estimate of drug-likeness (QED) is 0.325. The molecule has 0 saturated heterocycles. The van der Waals surface area contributed by atoms with Gasteiger partial charge in [-0.2, -0.15) is 0 Å². The van der Waals surface area contributed by atoms with Crippen molar-refractivity contribution in [3.05, 3.63) is 19.1 Å². The fourth-order valence-corrected chi connectivity index (χ4v) is 0.101. The van der Waals surface area contributed by atoms with Gasteiger partial charge in [-0.05, 0) is 0 Å². The predicted molar refractivity (Wildman–Crippen MR) is 22.1 cm³/mol. The molecule has 2 nitrogen and oxygen atoms in total. The van der Waals surface area contributed by atoms with Gasteiger partial charge >= 0.3 is 51.4 Å². The summed E-state index contributed by atoms with van der Waals surface area (Å²) in [6, 6.07) is 0. The van der Waals surface area contributed by atoms with Gasteiger partial charge in [0.1, 0.15) is 0 Å². The number of hydrogen-bond donors (Lipinski definition) is 1. The topological polar surface area (TPSA) is 37.3 Å². The molecule has 1 N–H and O–H groups in total. The second-order valence-corrected chi connectivity index (χ2v) is 0.741. The van der Waals surface area contributed by atoms with E-state index in [1.54, 1.807) is 0 Å². The molecule has 0 aromatic carbocycles. The van der Waals surface area contributed by atoms with Gasteiger partial charge in [0.25, 0.3) is 0 Å². The number of hydrogen-bond acceptors (Lipinski definition) is 1. The van der Waals surface area contributed by atoms with Crippen LogP contribution in [0.4, 0.5) is 0 Å². The maximum absolute atomic E-state index is 9.47. The normalized spacial score (nSPS) is 5.71. The number of rotatable bonds is 2. The third-order valence-electron chi connectivity index (χ3n) is 0.260. The molecule has 0 aromatic rings. The molecule has 0 aliphatic heterocycles. The summed E-state index contributed by atoms with van der Waals surface area (Å²) in [5.41, 5.74) is 0. The van der Waals surface area contributed by atoms with Gasteiger partial charge in [0.15, 0.2) is 0 Å². The molecule has 0 fully saturated rings. The second kappa shape index (κ2) is 6.72. The first kappa shape index (κ1) is 10.7. The van der Waals surface area contributed by atoms with E-state index in [9.17, 15) is 4.79 Å². The first-order valence-corrected chi connectivity index (χ1v) is 1.46. The third kappa shape index (κ3) is 10.8. The van der Waals surface area contributed by atoms with Crippen LogP contribution in [0.3, 0.4) is 0 Å². The Morgan fingerprint density at radius 3 is 2.29 bits per heavy atom. The van der Waals surface area contributed by atoms with Crippen molar-refractivity contribution >= 4 is 5.97 Å². The molecule has 7 heavy (non-hydrogen) atoms. The summed E-state index contributed by atoms with van der Waals surface area (Å²) in [7, 11) is 0. The molecule has 3 heteroatoms. The van der Waals surface area contributed by atoms with Crippen molar-refractivity contribution in [2.45, 2.75) is 0 Å². The van der Waals surface area contributed by atoms with Crippen molar-refractivity contribution < 1.29 is 61.3 Å². The number of aliphatic carboxylic acids is 1. The zero-order valence-electron chi connectivity index (χ0n) is 4.22. The number of carboxylic acid groups (broad SMARTS) is 1. The van der Waals surface area contributed by atoms with E-state index in [2.05, 4.69) is 6.58 Å². The molecule has 0 bridgehead atoms. The van der Waals surface area contributed by atoms with Crippen LogP contribution in [0.15, 0.2) is 12.7 Å². The Morgan fingerprint density at radius 1 is 1.86 bits per heavy atom. The van der Waals surface area contributed by atoms with Crippen molar-refractivity contribution in [1.82, 2.24) is 0 Å². The Balaban J connectivity index is 0. The monoisotopic (exact) mass is 124 g/mol. The summed E-state index contributed by atoms with van der Waals surface area (Å²) in [6.07, 6.45) is 2.20. The summed E-state index contributed by atoms with van der Waals surface area (Å²) < 4.78 is 0. The van der Waals surface area contributed by atoms with Gasteiger partial charge in [-0.1, -0.05) is 0 Å². The van der Waals surface area contributed by atoms with Crippen LogP contribution < -0.4 is 51.4 Å². The van der Waals surface area contributed by atoms with Crippen molar-refractivity contribution in [1.29, 1.82) is 0 Å². The molecule has 0 saturated carbocycles. The Labute approximate surface area is 85.0 Å². The first-order valence-electron chi connectivity index (χ1n) is 1.46. The van der Waals surface area contributed by atoms with E-state index in [-0.39, 0.29) is 51.4 Å². The zero-order chi connectivity index (χ0) is 4.99. The molecule has 0 aliphatic rings. The van der Waals surface area contributed by atoms with Crippen LogP contribution in [0.25, 0.3) is 0 Å². The van der Waals surface area contributed by atoms with Crippen molar-refractivity contribution in [3.63, 3.8) is 0 Å². The van der Waals surface area contributed by atoms with Gasteiger partial charge < -0.3 is 5.11 Å². The maximum Gasteiger partial charge on any atom is 1.00 e. The molecule has 0 atom stereocenters. The minimum atomic E-state index is -0.954. The van der Waals surface area contributed by atoms with Gasteiger partial charge in [0.05, 0.1) is 0 Å². The molecule has 34 valence electrons. The standard InChI is InChI=1S/C4H5O2.K/c1-2-3-4(5)6;/h2-3H,1H2,(H,5,6);/q-1;+1. The van der Waals surface area contributed by atoms with Crippen LogP contribution in [-0.2, 0) is 4.79 Å². The summed E-state index contributed by atoms with van der Waals surface area (Å²) in [5.74, 6) is -0.954. The Bertz CT molecular complexity index is 70.1. The van der Waals surface area contributed by atoms with Crippen molar-refractivity contribution in [3.8, 4) is 0 Å². The smallest absolute Gasteiger partial charge is 0.491 e. The molecule has 0 aliphatic carbocycles. The molecule has 0 rings (SSSR count). The molecule has 0 radical (unpaired) electrons. The van der Waals surface area contributed by atoms with Gasteiger partial charge in [-0.3, -0.25) is 4.79 Å². The van der Waals surface area contributed by atoms with Crippen molar-refractivity contribution in [2.75, 3.05) is 0 Å². The predicted octanol–water partition coefficient (Wildman–Crippen LogP) is -2.53. The van der Waals surface area contributed by atoms with Crippen LogP contribution in [-0.4, -0.2) is 11.1 Å². The van der Waals surface area contributed by atoms with Crippen LogP contribution in [0.2, 0.25) is 0 Å². The molecule has 0 spiro atoms. The van der Waals surface area contributed by atoms with Gasteiger partial charge in [0.2, 0.25) is 5.97 Å². The van der Waals surface area contributed by atoms with Crippen molar-refractivity contribution in [2.24, 2.45) is 0 Å². The van der Waals surface area contributed by atoms with Gasteiger partial charge in [-0.15, -0.1) is 6.42 Å². The first-order chi connectivity index (χ1) is 2.77. The fraction of sp³-hybridized carbons (Fsp3) is 0. The Hall–Kier alpha value is 0.716. The molecule has 0 amide bonds. The summed E-state index contributed by atoms with van der Waals surface area (Å²) >= 11 is 0. The Morgan fingerprint density at radius 2 is 2.29 bits per heavy atom. The van der Waals surface area contributed by atoms with E-state index >= 15 is 0 Å². The second-order valence-electron chi connectivity index (χ2n) is 0.741. The molecular weight excluding hydrogens is 119 g/mol. The van der Waals surface area contributed by atoms with E-state index in [0.717, 1.165) is 6.42 Å². The van der Waals surface area contributed by atoms with Crippen LogP contribution >= 0.6 is 0 Å². The average Bonchev–Trinajstić information content (AvgIpc) is 1.35. The molecular formula is C4H5KO2. The van der Waals surface area contributed by atoms with Crippen LogP contribution in [0, 0.1) is 6.42 Å². The largest absolute Gasteiger partial charge is 1.00 e. The summed E-state index contributed by atoms with van der Waals surface area (Å²) in [4.78, 5) is 9.47. The van der Waals surface area contributed by atoms with E-state index in [1.165, 1.54) is 6.08 Å². The van der Waals surface area contributed by atoms with E-state index in [4.69, 9.17) is 5.11 Å². The SMILES string of the molecule is C=C[CH-]C(=O)O.[K+]. The van der Waals surface area contributed by atoms with E-state index in [0.29, 0.717) is 0 Å². The van der Waals surface area contributed by atoms with E-state index < -0.39 is 5.97 Å². The third-order valence-corrected chi connectivity index (χ3v) is 0.260. The molecule has 0 heterocycles. The minimum absolute atomic E-state index is 0. The van der Waals surface area contributed by atoms with Crippen LogP contribution in [0.5, 0.6) is 0 Å². The zero-order valence-corrected chi connectivity index (χ0v) is 7.34. The summed E-state index contributed by atoms with van der Waals surface area (Å²) in [5, 5.41) is 7.79. The Kier molecular flexibility index (Phi) is 10.2. The number of carboxylic acids is 1. The van der Waals surface area contributed by atoms with Gasteiger partial charge in [0, 0.05) is 0 Å². The number of carbonyl (C=O) groups is 1. The molecule has 0 unspecified atom stereocenters. The fourth-order valence-electron chi connectivity index (χ4n) is 0.101. The minimum Gasteiger partial charge on any atom is -0.491 e. The maximum atomic E-state index is 9.47. The van der Waals surface area contributed by atoms with Crippen LogP contribution in [0.1, 0.15) is 0 Å². The summed E-state index contributed by atoms with van der Waals surface area (Å²) in [6.45, 7) is 3.16. The van der Waals surface area contributed by atoms with E-state index in [1.807, 2.05) is 0 Å². The molecule has 0 aromatic heterocycles. The average molecular weight is 124 g/mol. The van der Waals surface area contributed by atoms with Gasteiger partial charge in [-0.25, -0.2) is 12.7 Å².